The lowest BCUT2D eigenvalue weighted by Crippen LogP contribution is -2.31. The molecule has 0 atom stereocenters. The molecular weight excluding hydrogens is 321 g/mol. The largest absolute Gasteiger partial charge is 0.269 e. The fraction of sp³-hybridized carbons (Fsp3) is 0.200. The van der Waals surface area contributed by atoms with Crippen LogP contribution >= 0.6 is 0 Å². The predicted molar refractivity (Wildman–Crippen MR) is 83.0 cm³/mol. The fourth-order valence-corrected chi connectivity index (χ4v) is 2.81. The lowest BCUT2D eigenvalue weighted by Gasteiger charge is -2.09. The maximum Gasteiger partial charge on any atom is 0.264 e. The number of benzene rings is 1. The molecule has 0 saturated carbocycles. The molecule has 122 valence electrons. The standard InChI is InChI=1S/C15H16FN3O3S/c1-4-11(3)15(20)18-23(21,22)12-5-6-14(13(16)7-12)19-9-10(2)8-17-19/h4-9H,1-3H3,(H,18,20). The number of carbonyl (C=O) groups excluding carboxylic acids is 1. The van der Waals surface area contributed by atoms with Crippen molar-refractivity contribution < 1.29 is 17.6 Å². The molecule has 0 fully saturated rings. The number of aromatic nitrogens is 2. The van der Waals surface area contributed by atoms with E-state index in [1.807, 2.05) is 4.72 Å². The molecule has 1 N–H and O–H groups in total. The molecule has 0 bridgehead atoms. The second-order valence-corrected chi connectivity index (χ2v) is 6.66. The molecule has 2 rings (SSSR count). The molecule has 2 aromatic rings. The lowest BCUT2D eigenvalue weighted by molar-refractivity contribution is -0.115. The Labute approximate surface area is 133 Å². The van der Waals surface area contributed by atoms with Gasteiger partial charge in [0.2, 0.25) is 0 Å². The molecule has 0 aliphatic carbocycles. The van der Waals surface area contributed by atoms with Crippen molar-refractivity contribution >= 4 is 15.9 Å². The third-order valence-corrected chi connectivity index (χ3v) is 4.53. The zero-order valence-corrected chi connectivity index (χ0v) is 13.7. The number of aryl methyl sites for hydroxylation is 1. The highest BCUT2D eigenvalue weighted by Crippen LogP contribution is 2.18. The van der Waals surface area contributed by atoms with Crippen LogP contribution in [0.15, 0.2) is 47.1 Å². The average molecular weight is 337 g/mol. The minimum Gasteiger partial charge on any atom is -0.269 e. The molecule has 1 aromatic heterocycles. The number of rotatable bonds is 4. The second-order valence-electron chi connectivity index (χ2n) is 4.98. The Balaban J connectivity index is 2.34. The van der Waals surface area contributed by atoms with Crippen molar-refractivity contribution in [3.05, 3.63) is 53.6 Å². The smallest absolute Gasteiger partial charge is 0.264 e. The van der Waals surface area contributed by atoms with Gasteiger partial charge in [-0.2, -0.15) is 5.10 Å². The third-order valence-electron chi connectivity index (χ3n) is 3.21. The van der Waals surface area contributed by atoms with Crippen molar-refractivity contribution in [3.8, 4) is 5.69 Å². The van der Waals surface area contributed by atoms with Crippen LogP contribution in [0.25, 0.3) is 5.69 Å². The van der Waals surface area contributed by atoms with E-state index in [0.717, 1.165) is 11.6 Å². The van der Waals surface area contributed by atoms with Gasteiger partial charge in [0.25, 0.3) is 15.9 Å². The Kier molecular flexibility index (Phi) is 4.65. The monoisotopic (exact) mass is 337 g/mol. The van der Waals surface area contributed by atoms with Gasteiger partial charge in [0.15, 0.2) is 0 Å². The highest BCUT2D eigenvalue weighted by atomic mass is 32.2. The maximum atomic E-state index is 14.2. The van der Waals surface area contributed by atoms with Gasteiger partial charge in [-0.1, -0.05) is 6.08 Å². The lowest BCUT2D eigenvalue weighted by atomic mass is 10.3. The number of hydrogen-bond donors (Lipinski definition) is 1. The topological polar surface area (TPSA) is 81.1 Å². The highest BCUT2D eigenvalue weighted by molar-refractivity contribution is 7.90. The van der Waals surface area contributed by atoms with E-state index in [4.69, 9.17) is 0 Å². The quantitative estimate of drug-likeness (QED) is 0.866. The Morgan fingerprint density at radius 1 is 1.39 bits per heavy atom. The summed E-state index contributed by atoms with van der Waals surface area (Å²) in [6, 6.07) is 3.37. The van der Waals surface area contributed by atoms with Crippen molar-refractivity contribution in [2.45, 2.75) is 25.7 Å². The first-order chi connectivity index (χ1) is 10.7. The van der Waals surface area contributed by atoms with Gasteiger partial charge < -0.3 is 0 Å². The molecule has 1 amide bonds. The van der Waals surface area contributed by atoms with Crippen LogP contribution in [0.3, 0.4) is 0 Å². The summed E-state index contributed by atoms with van der Waals surface area (Å²) < 4.78 is 41.6. The summed E-state index contributed by atoms with van der Waals surface area (Å²) in [5, 5.41) is 3.97. The first-order valence-electron chi connectivity index (χ1n) is 6.76. The van der Waals surface area contributed by atoms with Crippen LogP contribution in [-0.4, -0.2) is 24.1 Å². The molecule has 6 nitrogen and oxygen atoms in total. The molecule has 0 radical (unpaired) electrons. The van der Waals surface area contributed by atoms with Crippen LogP contribution in [-0.2, 0) is 14.8 Å². The second kappa shape index (κ2) is 6.33. The Bertz CT molecular complexity index is 885. The van der Waals surface area contributed by atoms with E-state index in [-0.39, 0.29) is 16.2 Å². The van der Waals surface area contributed by atoms with E-state index in [9.17, 15) is 17.6 Å². The summed E-state index contributed by atoms with van der Waals surface area (Å²) in [7, 11) is -4.14. The van der Waals surface area contributed by atoms with Crippen LogP contribution in [0.5, 0.6) is 0 Å². The summed E-state index contributed by atoms with van der Waals surface area (Å²) in [5.74, 6) is -1.51. The Morgan fingerprint density at radius 3 is 2.61 bits per heavy atom. The van der Waals surface area contributed by atoms with Crippen molar-refractivity contribution in [2.24, 2.45) is 0 Å². The Hall–Kier alpha value is -2.48. The van der Waals surface area contributed by atoms with E-state index in [0.29, 0.717) is 0 Å². The van der Waals surface area contributed by atoms with Crippen LogP contribution in [0, 0.1) is 12.7 Å². The number of carbonyl (C=O) groups is 1. The van der Waals surface area contributed by atoms with Gasteiger partial charge in [-0.15, -0.1) is 0 Å². The molecule has 1 heterocycles. The number of hydrogen-bond acceptors (Lipinski definition) is 4. The van der Waals surface area contributed by atoms with E-state index in [2.05, 4.69) is 5.10 Å². The van der Waals surface area contributed by atoms with Gasteiger partial charge in [-0.3, -0.25) is 4.79 Å². The summed E-state index contributed by atoms with van der Waals surface area (Å²) >= 11 is 0. The van der Waals surface area contributed by atoms with E-state index >= 15 is 0 Å². The van der Waals surface area contributed by atoms with Gasteiger partial charge >= 0.3 is 0 Å². The minimum absolute atomic E-state index is 0.119. The molecule has 0 aliphatic heterocycles. The predicted octanol–water partition coefficient (Wildman–Crippen LogP) is 2.09. The van der Waals surface area contributed by atoms with Crippen molar-refractivity contribution in [1.82, 2.24) is 14.5 Å². The number of nitrogens with one attached hydrogen (secondary N) is 1. The SMILES string of the molecule is CC=C(C)C(=O)NS(=O)(=O)c1ccc(-n2cc(C)cn2)c(F)c1. The molecule has 0 unspecified atom stereocenters. The van der Waals surface area contributed by atoms with Gasteiger partial charge in [-0.25, -0.2) is 22.2 Å². The van der Waals surface area contributed by atoms with Gasteiger partial charge in [0.05, 0.1) is 11.1 Å². The van der Waals surface area contributed by atoms with Crippen LogP contribution in [0.4, 0.5) is 4.39 Å². The average Bonchev–Trinajstić information content (AvgIpc) is 2.92. The van der Waals surface area contributed by atoms with E-state index in [1.165, 1.54) is 29.8 Å². The van der Waals surface area contributed by atoms with Crippen molar-refractivity contribution in [3.63, 3.8) is 0 Å². The number of amides is 1. The van der Waals surface area contributed by atoms with Crippen molar-refractivity contribution in [1.29, 1.82) is 0 Å². The summed E-state index contributed by atoms with van der Waals surface area (Å²) in [4.78, 5) is 11.3. The van der Waals surface area contributed by atoms with Crippen LogP contribution in [0.2, 0.25) is 0 Å². The number of allylic oxidation sites excluding steroid dienone is 1. The number of sulfonamides is 1. The van der Waals surface area contributed by atoms with E-state index in [1.54, 1.807) is 26.2 Å². The third kappa shape index (κ3) is 3.65. The molecule has 0 spiro atoms. The highest BCUT2D eigenvalue weighted by Gasteiger charge is 2.20. The van der Waals surface area contributed by atoms with Crippen LogP contribution in [0.1, 0.15) is 19.4 Å². The molecule has 8 heteroatoms. The maximum absolute atomic E-state index is 14.2. The summed E-state index contributed by atoms with van der Waals surface area (Å²) in [6.45, 7) is 4.90. The minimum atomic E-state index is -4.14. The van der Waals surface area contributed by atoms with Crippen LogP contribution < -0.4 is 4.72 Å². The summed E-state index contributed by atoms with van der Waals surface area (Å²) in [6.07, 6.45) is 4.66. The molecule has 0 aliphatic rings. The zero-order chi connectivity index (χ0) is 17.2. The Morgan fingerprint density at radius 2 is 2.09 bits per heavy atom. The van der Waals surface area contributed by atoms with Gasteiger partial charge in [0, 0.05) is 11.8 Å². The molecule has 23 heavy (non-hydrogen) atoms. The molecular formula is C15H16FN3O3S. The van der Waals surface area contributed by atoms with Gasteiger partial charge in [0.1, 0.15) is 11.5 Å². The van der Waals surface area contributed by atoms with Gasteiger partial charge in [-0.05, 0) is 44.5 Å². The van der Waals surface area contributed by atoms with E-state index < -0.39 is 21.7 Å². The number of nitrogens with zero attached hydrogens (tertiary/aromatic N) is 2. The molecule has 1 aromatic carbocycles. The normalized spacial score (nSPS) is 12.3. The fourth-order valence-electron chi connectivity index (χ4n) is 1.78. The summed E-state index contributed by atoms with van der Waals surface area (Å²) in [5.41, 5.74) is 1.21. The van der Waals surface area contributed by atoms with Crippen molar-refractivity contribution in [2.75, 3.05) is 0 Å². The first-order valence-corrected chi connectivity index (χ1v) is 8.24. The zero-order valence-electron chi connectivity index (χ0n) is 12.9. The molecule has 0 saturated heterocycles. The number of halogens is 1. The first kappa shape index (κ1) is 16.9.